The highest BCUT2D eigenvalue weighted by Crippen LogP contribution is 2.31. The minimum atomic E-state index is 0.489. The molecule has 2 atom stereocenters. The van der Waals surface area contributed by atoms with E-state index >= 15 is 0 Å². The van der Waals surface area contributed by atoms with Gasteiger partial charge in [0.15, 0.2) is 0 Å². The van der Waals surface area contributed by atoms with E-state index in [1.807, 2.05) is 7.05 Å². The number of hydrogen-bond acceptors (Lipinski definition) is 2. The van der Waals surface area contributed by atoms with Crippen LogP contribution in [0.1, 0.15) is 36.1 Å². The maximum atomic E-state index is 3.33. The molecular formula is C16H28N2. The van der Waals surface area contributed by atoms with Crippen molar-refractivity contribution in [1.29, 1.82) is 0 Å². The Hall–Kier alpha value is -0.860. The van der Waals surface area contributed by atoms with Gasteiger partial charge in [-0.3, -0.25) is 0 Å². The lowest BCUT2D eigenvalue weighted by atomic mass is 9.87. The van der Waals surface area contributed by atoms with Gasteiger partial charge in [0.1, 0.15) is 0 Å². The molecule has 0 bridgehead atoms. The smallest absolute Gasteiger partial charge is 0.0384 e. The zero-order valence-corrected chi connectivity index (χ0v) is 12.7. The third kappa shape index (κ3) is 3.56. The van der Waals surface area contributed by atoms with E-state index in [2.05, 4.69) is 63.3 Å². The summed E-state index contributed by atoms with van der Waals surface area (Å²) in [7, 11) is 6.40. The maximum Gasteiger partial charge on any atom is 0.0384 e. The van der Waals surface area contributed by atoms with Crippen LogP contribution in [0, 0.1) is 19.8 Å². The number of aryl methyl sites for hydroxylation is 2. The predicted molar refractivity (Wildman–Crippen MR) is 80.1 cm³/mol. The molecule has 0 aromatic heterocycles. The summed E-state index contributed by atoms with van der Waals surface area (Å²) in [5.74, 6) is 0.645. The second-order valence-corrected chi connectivity index (χ2v) is 5.49. The number of nitrogens with one attached hydrogen (secondary N) is 1. The fraction of sp³-hybridized carbons (Fsp3) is 0.625. The van der Waals surface area contributed by atoms with E-state index in [0.29, 0.717) is 12.0 Å². The molecule has 1 aromatic rings. The Balaban J connectivity index is 3.10. The highest BCUT2D eigenvalue weighted by atomic mass is 15.1. The number of rotatable bonds is 6. The van der Waals surface area contributed by atoms with E-state index in [1.165, 1.54) is 23.1 Å². The van der Waals surface area contributed by atoms with Crippen LogP contribution in [-0.4, -0.2) is 32.6 Å². The Labute approximate surface area is 112 Å². The highest BCUT2D eigenvalue weighted by Gasteiger charge is 2.24. The van der Waals surface area contributed by atoms with Crippen molar-refractivity contribution in [2.45, 2.75) is 33.2 Å². The van der Waals surface area contributed by atoms with Crippen molar-refractivity contribution in [1.82, 2.24) is 10.2 Å². The first kappa shape index (κ1) is 15.2. The molecule has 0 radical (unpaired) electrons. The number of benzene rings is 1. The largest absolute Gasteiger partial charge is 0.319 e. The third-order valence-electron chi connectivity index (χ3n) is 3.74. The van der Waals surface area contributed by atoms with Crippen LogP contribution in [0.5, 0.6) is 0 Å². The summed E-state index contributed by atoms with van der Waals surface area (Å²) in [4.78, 5) is 2.35. The molecule has 2 heteroatoms. The Kier molecular flexibility index (Phi) is 5.83. The van der Waals surface area contributed by atoms with Crippen LogP contribution in [0.25, 0.3) is 0 Å². The van der Waals surface area contributed by atoms with E-state index in [0.717, 1.165) is 6.54 Å². The molecule has 0 heterocycles. The van der Waals surface area contributed by atoms with Crippen molar-refractivity contribution in [3.63, 3.8) is 0 Å². The van der Waals surface area contributed by atoms with Gasteiger partial charge in [-0.2, -0.15) is 0 Å². The molecule has 102 valence electrons. The standard InChI is InChI=1S/C16H28N2/c1-7-14(11-17-4)16(18(5)6)15-9-8-12(2)10-13(15)3/h8-10,14,16-17H,7,11H2,1-6H3. The third-order valence-corrected chi connectivity index (χ3v) is 3.74. The lowest BCUT2D eigenvalue weighted by molar-refractivity contribution is 0.203. The van der Waals surface area contributed by atoms with Crippen LogP contribution in [0.15, 0.2) is 18.2 Å². The molecule has 1 N–H and O–H groups in total. The summed E-state index contributed by atoms with van der Waals surface area (Å²) in [5, 5.41) is 3.33. The Bertz CT molecular complexity index is 371. The molecule has 0 saturated heterocycles. The van der Waals surface area contributed by atoms with Crippen molar-refractivity contribution in [2.24, 2.45) is 5.92 Å². The van der Waals surface area contributed by atoms with Crippen LogP contribution in [0.3, 0.4) is 0 Å². The summed E-state index contributed by atoms with van der Waals surface area (Å²) < 4.78 is 0. The van der Waals surface area contributed by atoms with E-state index in [4.69, 9.17) is 0 Å². The van der Waals surface area contributed by atoms with Gasteiger partial charge < -0.3 is 10.2 Å². The van der Waals surface area contributed by atoms with Gasteiger partial charge in [-0.25, -0.2) is 0 Å². The molecule has 1 aromatic carbocycles. The Morgan fingerprint density at radius 3 is 2.33 bits per heavy atom. The van der Waals surface area contributed by atoms with Crippen LogP contribution in [0.4, 0.5) is 0 Å². The fourth-order valence-corrected chi connectivity index (χ4v) is 2.85. The van der Waals surface area contributed by atoms with Gasteiger partial charge in [-0.15, -0.1) is 0 Å². The molecule has 0 amide bonds. The van der Waals surface area contributed by atoms with Gasteiger partial charge in [0.25, 0.3) is 0 Å². The summed E-state index contributed by atoms with van der Waals surface area (Å²) in [6.45, 7) is 7.73. The summed E-state index contributed by atoms with van der Waals surface area (Å²) in [5.41, 5.74) is 4.21. The van der Waals surface area contributed by atoms with E-state index in [-0.39, 0.29) is 0 Å². The molecule has 1 rings (SSSR count). The van der Waals surface area contributed by atoms with Gasteiger partial charge in [0, 0.05) is 6.04 Å². The molecule has 0 aliphatic rings. The van der Waals surface area contributed by atoms with Crippen molar-refractivity contribution in [2.75, 3.05) is 27.7 Å². The molecule has 0 spiro atoms. The first-order chi connectivity index (χ1) is 8.51. The molecule has 2 unspecified atom stereocenters. The highest BCUT2D eigenvalue weighted by molar-refractivity contribution is 5.33. The zero-order valence-electron chi connectivity index (χ0n) is 12.7. The fourth-order valence-electron chi connectivity index (χ4n) is 2.85. The summed E-state index contributed by atoms with van der Waals surface area (Å²) >= 11 is 0. The van der Waals surface area contributed by atoms with Crippen LogP contribution in [0.2, 0.25) is 0 Å². The van der Waals surface area contributed by atoms with Gasteiger partial charge in [-0.1, -0.05) is 37.1 Å². The van der Waals surface area contributed by atoms with E-state index in [9.17, 15) is 0 Å². The predicted octanol–water partition coefficient (Wildman–Crippen LogP) is 3.15. The molecular weight excluding hydrogens is 220 g/mol. The molecule has 0 saturated carbocycles. The monoisotopic (exact) mass is 248 g/mol. The zero-order chi connectivity index (χ0) is 13.7. The van der Waals surface area contributed by atoms with Crippen LogP contribution in [-0.2, 0) is 0 Å². The minimum absolute atomic E-state index is 0.489. The normalized spacial score (nSPS) is 14.8. The number of nitrogens with zero attached hydrogens (tertiary/aromatic N) is 1. The average molecular weight is 248 g/mol. The molecule has 0 fully saturated rings. The second-order valence-electron chi connectivity index (χ2n) is 5.49. The van der Waals surface area contributed by atoms with Crippen LogP contribution < -0.4 is 5.32 Å². The molecule has 18 heavy (non-hydrogen) atoms. The van der Waals surface area contributed by atoms with Crippen molar-refractivity contribution in [3.8, 4) is 0 Å². The van der Waals surface area contributed by atoms with Gasteiger partial charge in [0.2, 0.25) is 0 Å². The first-order valence-electron chi connectivity index (χ1n) is 6.89. The minimum Gasteiger partial charge on any atom is -0.319 e. The van der Waals surface area contributed by atoms with Gasteiger partial charge in [0.05, 0.1) is 0 Å². The van der Waals surface area contributed by atoms with Gasteiger partial charge in [-0.05, 0) is 58.6 Å². The topological polar surface area (TPSA) is 15.3 Å². The summed E-state index contributed by atoms with van der Waals surface area (Å²) in [6, 6.07) is 7.30. The van der Waals surface area contributed by atoms with Gasteiger partial charge >= 0.3 is 0 Å². The SMILES string of the molecule is CCC(CNC)C(c1ccc(C)cc1C)N(C)C. The molecule has 0 aliphatic carbocycles. The first-order valence-corrected chi connectivity index (χ1v) is 6.89. The van der Waals surface area contributed by atoms with E-state index in [1.54, 1.807) is 0 Å². The molecule has 2 nitrogen and oxygen atoms in total. The lowest BCUT2D eigenvalue weighted by Crippen LogP contribution is -2.33. The average Bonchev–Trinajstić information content (AvgIpc) is 2.30. The second kappa shape index (κ2) is 6.91. The Morgan fingerprint density at radius 1 is 1.22 bits per heavy atom. The van der Waals surface area contributed by atoms with E-state index < -0.39 is 0 Å². The summed E-state index contributed by atoms with van der Waals surface area (Å²) in [6.07, 6.45) is 1.19. The maximum absolute atomic E-state index is 3.33. The van der Waals surface area contributed by atoms with Crippen molar-refractivity contribution < 1.29 is 0 Å². The quantitative estimate of drug-likeness (QED) is 0.832. The number of hydrogen-bond donors (Lipinski definition) is 1. The van der Waals surface area contributed by atoms with Crippen molar-refractivity contribution in [3.05, 3.63) is 34.9 Å². The Morgan fingerprint density at radius 2 is 1.89 bits per heavy atom. The van der Waals surface area contributed by atoms with Crippen molar-refractivity contribution >= 4 is 0 Å². The lowest BCUT2D eigenvalue weighted by Gasteiger charge is -2.33. The molecule has 0 aliphatic heterocycles. The van der Waals surface area contributed by atoms with Crippen LogP contribution >= 0.6 is 0 Å².